The van der Waals surface area contributed by atoms with Crippen LogP contribution in [0.5, 0.6) is 0 Å². The van der Waals surface area contributed by atoms with Gasteiger partial charge in [-0.05, 0) is 55.7 Å². The minimum atomic E-state index is 0.830. The lowest BCUT2D eigenvalue weighted by Crippen LogP contribution is -2.03. The van der Waals surface area contributed by atoms with E-state index in [1.807, 2.05) is 6.07 Å². The summed E-state index contributed by atoms with van der Waals surface area (Å²) in [7, 11) is 0. The van der Waals surface area contributed by atoms with Gasteiger partial charge in [0.2, 0.25) is 0 Å². The summed E-state index contributed by atoms with van der Waals surface area (Å²) in [5.41, 5.74) is 8.62. The molecule has 3 aromatic carbocycles. The molecular weight excluding hydrogens is 336 g/mol. The summed E-state index contributed by atoms with van der Waals surface area (Å²) in [6, 6.07) is 21.5. The van der Waals surface area contributed by atoms with Crippen molar-refractivity contribution in [3.63, 3.8) is 0 Å². The van der Waals surface area contributed by atoms with Crippen LogP contribution in [0, 0.1) is 20.8 Å². The quantitative estimate of drug-likeness (QED) is 0.450. The normalized spacial score (nSPS) is 11.0. The van der Waals surface area contributed by atoms with Crippen molar-refractivity contribution < 1.29 is 0 Å². The van der Waals surface area contributed by atoms with E-state index in [2.05, 4.69) is 80.7 Å². The van der Waals surface area contributed by atoms with Crippen molar-refractivity contribution >= 4 is 27.2 Å². The first-order valence-electron chi connectivity index (χ1n) is 8.87. The number of nitrogens with zero attached hydrogens (tertiary/aromatic N) is 1. The summed E-state index contributed by atoms with van der Waals surface area (Å²) in [5, 5.41) is 4.68. The predicted octanol–water partition coefficient (Wildman–Crippen LogP) is 6.50. The van der Waals surface area contributed by atoms with E-state index in [9.17, 15) is 0 Å². The van der Waals surface area contributed by atoms with Crippen molar-refractivity contribution in [1.29, 1.82) is 0 Å². The maximum Gasteiger partial charge on any atom is 0.124 e. The first-order chi connectivity index (χ1) is 12.6. The standard InChI is InChI=1S/C23H22N2S/c1-15-8-10-19(17(3)12-15)14-24-21-13-18(11-9-16(21)2)23-25-20-6-4-5-7-22(20)26-23/h4-13,24H,14H2,1-3H3. The molecule has 0 bridgehead atoms. The SMILES string of the molecule is Cc1ccc(CNc2cc(-c3nc4ccccc4s3)ccc2C)c(C)c1. The summed E-state index contributed by atoms with van der Waals surface area (Å²) < 4.78 is 1.23. The molecule has 1 aromatic heterocycles. The van der Waals surface area contributed by atoms with Gasteiger partial charge >= 0.3 is 0 Å². The number of aromatic nitrogens is 1. The molecule has 4 rings (SSSR count). The second-order valence-corrected chi connectivity index (χ2v) is 7.83. The van der Waals surface area contributed by atoms with Crippen LogP contribution in [0.4, 0.5) is 5.69 Å². The maximum absolute atomic E-state index is 4.79. The number of fused-ring (bicyclic) bond motifs is 1. The van der Waals surface area contributed by atoms with Crippen LogP contribution < -0.4 is 5.32 Å². The van der Waals surface area contributed by atoms with Gasteiger partial charge in [-0.3, -0.25) is 0 Å². The second-order valence-electron chi connectivity index (χ2n) is 6.80. The van der Waals surface area contributed by atoms with E-state index < -0.39 is 0 Å². The molecule has 0 spiro atoms. The van der Waals surface area contributed by atoms with Crippen LogP contribution in [0.1, 0.15) is 22.3 Å². The fraction of sp³-hybridized carbons (Fsp3) is 0.174. The van der Waals surface area contributed by atoms with E-state index in [-0.39, 0.29) is 0 Å². The smallest absolute Gasteiger partial charge is 0.124 e. The Morgan fingerprint density at radius 1 is 0.885 bits per heavy atom. The molecule has 0 unspecified atom stereocenters. The van der Waals surface area contributed by atoms with Gasteiger partial charge in [-0.25, -0.2) is 4.98 Å². The van der Waals surface area contributed by atoms with Gasteiger partial charge in [0.15, 0.2) is 0 Å². The van der Waals surface area contributed by atoms with Gasteiger partial charge in [-0.2, -0.15) is 0 Å². The maximum atomic E-state index is 4.79. The topological polar surface area (TPSA) is 24.9 Å². The van der Waals surface area contributed by atoms with Gasteiger partial charge in [0.25, 0.3) is 0 Å². The average molecular weight is 359 g/mol. The summed E-state index contributed by atoms with van der Waals surface area (Å²) in [5.74, 6) is 0. The Morgan fingerprint density at radius 2 is 1.73 bits per heavy atom. The molecule has 26 heavy (non-hydrogen) atoms. The van der Waals surface area contributed by atoms with Gasteiger partial charge in [0, 0.05) is 17.8 Å². The number of rotatable bonds is 4. The Balaban J connectivity index is 1.61. The van der Waals surface area contributed by atoms with E-state index in [1.54, 1.807) is 11.3 Å². The molecule has 0 aliphatic rings. The molecule has 0 radical (unpaired) electrons. The van der Waals surface area contributed by atoms with E-state index in [0.717, 1.165) is 17.1 Å². The van der Waals surface area contributed by atoms with Crippen molar-refractivity contribution in [2.45, 2.75) is 27.3 Å². The molecule has 0 amide bonds. The third-order valence-corrected chi connectivity index (χ3v) is 5.83. The van der Waals surface area contributed by atoms with E-state index in [4.69, 9.17) is 4.98 Å². The summed E-state index contributed by atoms with van der Waals surface area (Å²) >= 11 is 1.74. The van der Waals surface area contributed by atoms with Gasteiger partial charge < -0.3 is 5.32 Å². The Labute approximate surface area is 158 Å². The lowest BCUT2D eigenvalue weighted by atomic mass is 10.1. The van der Waals surface area contributed by atoms with E-state index >= 15 is 0 Å². The molecule has 0 aliphatic heterocycles. The first kappa shape index (κ1) is 16.8. The van der Waals surface area contributed by atoms with Gasteiger partial charge in [-0.15, -0.1) is 11.3 Å². The fourth-order valence-corrected chi connectivity index (χ4v) is 4.14. The van der Waals surface area contributed by atoms with Gasteiger partial charge in [0.05, 0.1) is 10.2 Å². The number of hydrogen-bond donors (Lipinski definition) is 1. The third kappa shape index (κ3) is 3.35. The molecule has 0 saturated heterocycles. The highest BCUT2D eigenvalue weighted by Crippen LogP contribution is 2.32. The number of hydrogen-bond acceptors (Lipinski definition) is 3. The van der Waals surface area contributed by atoms with Crippen molar-refractivity contribution in [3.8, 4) is 10.6 Å². The summed E-state index contributed by atoms with van der Waals surface area (Å²) in [6.07, 6.45) is 0. The van der Waals surface area contributed by atoms with Crippen LogP contribution >= 0.6 is 11.3 Å². The molecule has 1 N–H and O–H groups in total. The van der Waals surface area contributed by atoms with Crippen molar-refractivity contribution in [2.75, 3.05) is 5.32 Å². The van der Waals surface area contributed by atoms with Crippen LogP contribution in [-0.4, -0.2) is 4.98 Å². The number of aryl methyl sites for hydroxylation is 3. The van der Waals surface area contributed by atoms with Crippen molar-refractivity contribution in [3.05, 3.63) is 82.9 Å². The second kappa shape index (κ2) is 6.93. The molecule has 3 heteroatoms. The Hall–Kier alpha value is -2.65. The zero-order chi connectivity index (χ0) is 18.1. The van der Waals surface area contributed by atoms with Crippen LogP contribution in [0.15, 0.2) is 60.7 Å². The number of anilines is 1. The fourth-order valence-electron chi connectivity index (χ4n) is 3.18. The van der Waals surface area contributed by atoms with Crippen LogP contribution in [-0.2, 0) is 6.54 Å². The minimum absolute atomic E-state index is 0.830. The third-order valence-electron chi connectivity index (χ3n) is 4.75. The molecule has 0 saturated carbocycles. The molecule has 0 atom stereocenters. The number of para-hydroxylation sites is 1. The Kier molecular flexibility index (Phi) is 4.48. The molecule has 1 heterocycles. The summed E-state index contributed by atoms with van der Waals surface area (Å²) in [4.78, 5) is 4.79. The van der Waals surface area contributed by atoms with Gasteiger partial charge in [0.1, 0.15) is 5.01 Å². The lowest BCUT2D eigenvalue weighted by Gasteiger charge is -2.13. The monoisotopic (exact) mass is 358 g/mol. The highest BCUT2D eigenvalue weighted by molar-refractivity contribution is 7.21. The largest absolute Gasteiger partial charge is 0.381 e. The zero-order valence-electron chi connectivity index (χ0n) is 15.3. The molecule has 2 nitrogen and oxygen atoms in total. The summed E-state index contributed by atoms with van der Waals surface area (Å²) in [6.45, 7) is 7.28. The van der Waals surface area contributed by atoms with Crippen molar-refractivity contribution in [1.82, 2.24) is 4.98 Å². The number of thiazole rings is 1. The predicted molar refractivity (Wildman–Crippen MR) is 113 cm³/mol. The van der Waals surface area contributed by atoms with E-state index in [1.165, 1.54) is 38.2 Å². The lowest BCUT2D eigenvalue weighted by molar-refractivity contribution is 1.11. The highest BCUT2D eigenvalue weighted by Gasteiger charge is 2.08. The van der Waals surface area contributed by atoms with Gasteiger partial charge in [-0.1, -0.05) is 48.0 Å². The first-order valence-corrected chi connectivity index (χ1v) is 9.68. The minimum Gasteiger partial charge on any atom is -0.381 e. The van der Waals surface area contributed by atoms with Crippen LogP contribution in [0.3, 0.4) is 0 Å². The number of nitrogens with one attached hydrogen (secondary N) is 1. The average Bonchev–Trinajstić information content (AvgIpc) is 3.06. The molecular formula is C23H22N2S. The Morgan fingerprint density at radius 3 is 2.54 bits per heavy atom. The van der Waals surface area contributed by atoms with E-state index in [0.29, 0.717) is 0 Å². The van der Waals surface area contributed by atoms with Crippen LogP contribution in [0.25, 0.3) is 20.8 Å². The zero-order valence-corrected chi connectivity index (χ0v) is 16.2. The van der Waals surface area contributed by atoms with Crippen molar-refractivity contribution in [2.24, 2.45) is 0 Å². The molecule has 0 aliphatic carbocycles. The van der Waals surface area contributed by atoms with Crippen LogP contribution in [0.2, 0.25) is 0 Å². The highest BCUT2D eigenvalue weighted by atomic mass is 32.1. The molecule has 0 fully saturated rings. The Bertz CT molecular complexity index is 1050. The molecule has 130 valence electrons. The number of benzene rings is 3. The molecule has 4 aromatic rings.